The number of alkyl halides is 2. The predicted molar refractivity (Wildman–Crippen MR) is 91.7 cm³/mol. The van der Waals surface area contributed by atoms with E-state index in [1.54, 1.807) is 0 Å². The second kappa shape index (κ2) is 8.51. The third-order valence-electron chi connectivity index (χ3n) is 2.79. The molecule has 2 rings (SSSR count). The van der Waals surface area contributed by atoms with Crippen LogP contribution in [0.1, 0.15) is 12.0 Å². The van der Waals surface area contributed by atoms with E-state index >= 15 is 0 Å². The zero-order valence-electron chi connectivity index (χ0n) is 12.1. The van der Waals surface area contributed by atoms with Crippen LogP contribution >= 0.6 is 23.2 Å². The number of aliphatic imine (C=N–C) groups is 1. The van der Waals surface area contributed by atoms with Gasteiger partial charge in [0.15, 0.2) is 0 Å². The van der Waals surface area contributed by atoms with Gasteiger partial charge in [0.1, 0.15) is 0 Å². The highest BCUT2D eigenvalue weighted by molar-refractivity contribution is 6.33. The number of nitrogens with zero attached hydrogens (tertiary/aromatic N) is 4. The number of rotatable bonds is 6. The number of hydrogen-bond acceptors (Lipinski definition) is 6. The van der Waals surface area contributed by atoms with Gasteiger partial charge in [0.2, 0.25) is 5.95 Å². The summed E-state index contributed by atoms with van der Waals surface area (Å²) in [6.07, 6.45) is 1.54. The Kier molecular flexibility index (Phi) is 6.39. The summed E-state index contributed by atoms with van der Waals surface area (Å²) in [5.41, 5.74) is 0.380. The fourth-order valence-corrected chi connectivity index (χ4v) is 1.92. The second-order valence-electron chi connectivity index (χ2n) is 4.46. The number of nitrogens with two attached hydrogens (primary N) is 1. The molecule has 0 aliphatic rings. The van der Waals surface area contributed by atoms with E-state index in [0.29, 0.717) is 22.4 Å². The number of anilines is 1. The summed E-state index contributed by atoms with van der Waals surface area (Å²) >= 11 is 11.4. The molecular formula is C14H12Cl2F2N6. The van der Waals surface area contributed by atoms with Crippen molar-refractivity contribution in [3.05, 3.63) is 46.2 Å². The van der Waals surface area contributed by atoms with Gasteiger partial charge in [-0.05, 0) is 18.2 Å². The fourth-order valence-electron chi connectivity index (χ4n) is 1.63. The Hall–Kier alpha value is -2.32. The highest BCUT2D eigenvalue weighted by atomic mass is 35.5. The number of halogens is 4. The van der Waals surface area contributed by atoms with Gasteiger partial charge in [-0.3, -0.25) is 4.99 Å². The molecule has 0 saturated heterocycles. The highest BCUT2D eigenvalue weighted by Crippen LogP contribution is 2.30. The summed E-state index contributed by atoms with van der Waals surface area (Å²) in [4.78, 5) is 12.0. The van der Waals surface area contributed by atoms with Crippen LogP contribution in [-0.2, 0) is 0 Å². The van der Waals surface area contributed by atoms with Gasteiger partial charge in [0, 0.05) is 10.6 Å². The monoisotopic (exact) mass is 372 g/mol. The zero-order chi connectivity index (χ0) is 17.5. The Bertz CT molecular complexity index is 749. The van der Waals surface area contributed by atoms with Crippen molar-refractivity contribution in [1.82, 2.24) is 9.97 Å². The summed E-state index contributed by atoms with van der Waals surface area (Å²) < 4.78 is 25.6. The van der Waals surface area contributed by atoms with Gasteiger partial charge in [-0.25, -0.2) is 18.7 Å². The lowest BCUT2D eigenvalue weighted by atomic mass is 10.2. The standard InChI is InChI=1S/C14H12Cl2F2N6/c15-8-4-21-14(22-5-8)23-7-10(24-19)6-20-9-1-2-12(16)11(3-9)13(17)18/h1-6,13H,7,19H2,(H,21,22,23). The van der Waals surface area contributed by atoms with E-state index in [4.69, 9.17) is 29.0 Å². The average Bonchev–Trinajstić information content (AvgIpc) is 2.57. The molecule has 126 valence electrons. The molecule has 10 heteroatoms. The first-order chi connectivity index (χ1) is 11.5. The highest BCUT2D eigenvalue weighted by Gasteiger charge is 2.12. The number of aromatic nitrogens is 2. The Balaban J connectivity index is 2.03. The SMILES string of the molecule is NN=C(C=Nc1ccc(Cl)c(C(F)F)c1)CNc1ncc(Cl)cn1. The largest absolute Gasteiger partial charge is 0.348 e. The van der Waals surface area contributed by atoms with Gasteiger partial charge in [-0.2, -0.15) is 5.10 Å². The molecule has 2 aromatic rings. The first-order valence-corrected chi connectivity index (χ1v) is 7.35. The number of hydrogen-bond donors (Lipinski definition) is 2. The Labute approximate surface area is 146 Å². The van der Waals surface area contributed by atoms with Crippen LogP contribution in [0.15, 0.2) is 40.7 Å². The lowest BCUT2D eigenvalue weighted by Crippen LogP contribution is -2.18. The molecule has 0 radical (unpaired) electrons. The van der Waals surface area contributed by atoms with Crippen LogP contribution in [0.3, 0.4) is 0 Å². The summed E-state index contributed by atoms with van der Waals surface area (Å²) in [6, 6.07) is 4.07. The maximum Gasteiger partial charge on any atom is 0.265 e. The molecule has 0 amide bonds. The minimum atomic E-state index is -2.68. The lowest BCUT2D eigenvalue weighted by Gasteiger charge is -2.05. The Morgan fingerprint density at radius 1 is 1.29 bits per heavy atom. The molecule has 0 aliphatic carbocycles. The number of nitrogens with one attached hydrogen (secondary N) is 1. The van der Waals surface area contributed by atoms with Gasteiger partial charge in [0.05, 0.1) is 41.6 Å². The molecule has 0 bridgehead atoms. The molecule has 6 nitrogen and oxygen atoms in total. The van der Waals surface area contributed by atoms with E-state index < -0.39 is 6.43 Å². The summed E-state index contributed by atoms with van der Waals surface area (Å²) in [5, 5.41) is 6.83. The van der Waals surface area contributed by atoms with Crippen LogP contribution in [-0.4, -0.2) is 28.4 Å². The maximum absolute atomic E-state index is 12.8. The van der Waals surface area contributed by atoms with Crippen molar-refractivity contribution in [1.29, 1.82) is 0 Å². The molecule has 1 heterocycles. The predicted octanol–water partition coefficient (Wildman–Crippen LogP) is 3.85. The second-order valence-corrected chi connectivity index (χ2v) is 5.31. The van der Waals surface area contributed by atoms with Crippen molar-refractivity contribution >= 4 is 46.8 Å². The Morgan fingerprint density at radius 3 is 2.62 bits per heavy atom. The molecule has 0 atom stereocenters. The molecule has 3 N–H and O–H groups in total. The minimum Gasteiger partial charge on any atom is -0.348 e. The van der Waals surface area contributed by atoms with Crippen LogP contribution in [0, 0.1) is 0 Å². The summed E-state index contributed by atoms with van der Waals surface area (Å²) in [6.45, 7) is 0.191. The molecule has 0 spiro atoms. The quantitative estimate of drug-likeness (QED) is 0.457. The molecular weight excluding hydrogens is 361 g/mol. The van der Waals surface area contributed by atoms with Crippen molar-refractivity contribution in [3.8, 4) is 0 Å². The van der Waals surface area contributed by atoms with E-state index in [0.717, 1.165) is 0 Å². The third-order valence-corrected chi connectivity index (χ3v) is 3.33. The lowest BCUT2D eigenvalue weighted by molar-refractivity contribution is 0.151. The fraction of sp³-hybridized carbons (Fsp3) is 0.143. The van der Waals surface area contributed by atoms with Crippen LogP contribution in [0.2, 0.25) is 10.0 Å². The average molecular weight is 373 g/mol. The van der Waals surface area contributed by atoms with Crippen LogP contribution < -0.4 is 11.2 Å². The topological polar surface area (TPSA) is 88.5 Å². The first kappa shape index (κ1) is 18.0. The molecule has 0 fully saturated rings. The maximum atomic E-state index is 12.8. The number of benzene rings is 1. The zero-order valence-corrected chi connectivity index (χ0v) is 13.6. The van der Waals surface area contributed by atoms with Gasteiger partial charge in [-0.15, -0.1) is 0 Å². The molecule has 24 heavy (non-hydrogen) atoms. The van der Waals surface area contributed by atoms with Crippen molar-refractivity contribution in [2.75, 3.05) is 11.9 Å². The van der Waals surface area contributed by atoms with E-state index in [1.165, 1.54) is 36.8 Å². The van der Waals surface area contributed by atoms with Crippen molar-refractivity contribution in [3.63, 3.8) is 0 Å². The van der Waals surface area contributed by atoms with Crippen molar-refractivity contribution in [2.24, 2.45) is 15.9 Å². The van der Waals surface area contributed by atoms with E-state index in [2.05, 4.69) is 25.4 Å². The van der Waals surface area contributed by atoms with Gasteiger partial charge < -0.3 is 11.2 Å². The molecule has 0 unspecified atom stereocenters. The molecule has 1 aromatic carbocycles. The molecule has 0 saturated carbocycles. The van der Waals surface area contributed by atoms with E-state index in [9.17, 15) is 8.78 Å². The number of hydrazone groups is 1. The van der Waals surface area contributed by atoms with Gasteiger partial charge >= 0.3 is 0 Å². The molecule has 0 aliphatic heterocycles. The smallest absolute Gasteiger partial charge is 0.265 e. The minimum absolute atomic E-state index is 0.0155. The van der Waals surface area contributed by atoms with E-state index in [1.807, 2.05) is 0 Å². The third kappa shape index (κ3) is 5.10. The van der Waals surface area contributed by atoms with Crippen LogP contribution in [0.5, 0.6) is 0 Å². The summed E-state index contributed by atoms with van der Waals surface area (Å²) in [7, 11) is 0. The van der Waals surface area contributed by atoms with Crippen molar-refractivity contribution in [2.45, 2.75) is 6.43 Å². The van der Waals surface area contributed by atoms with Gasteiger partial charge in [0.25, 0.3) is 6.43 Å². The first-order valence-electron chi connectivity index (χ1n) is 6.59. The van der Waals surface area contributed by atoms with Crippen LogP contribution in [0.25, 0.3) is 0 Å². The van der Waals surface area contributed by atoms with Crippen LogP contribution in [0.4, 0.5) is 20.4 Å². The van der Waals surface area contributed by atoms with Crippen molar-refractivity contribution < 1.29 is 8.78 Å². The molecule has 1 aromatic heterocycles. The summed E-state index contributed by atoms with van der Waals surface area (Å²) in [5.74, 6) is 5.61. The van der Waals surface area contributed by atoms with E-state index in [-0.39, 0.29) is 17.1 Å². The Morgan fingerprint density at radius 2 is 2.00 bits per heavy atom. The normalized spacial score (nSPS) is 12.1. The van der Waals surface area contributed by atoms with Gasteiger partial charge in [-0.1, -0.05) is 23.2 Å².